The lowest BCUT2D eigenvalue weighted by Gasteiger charge is -2.35. The van der Waals surface area contributed by atoms with Crippen molar-refractivity contribution in [3.63, 3.8) is 0 Å². The van der Waals surface area contributed by atoms with Crippen molar-refractivity contribution in [2.75, 3.05) is 13.7 Å². The third kappa shape index (κ3) is 3.28. The van der Waals surface area contributed by atoms with Crippen molar-refractivity contribution in [1.82, 2.24) is 9.29 Å². The number of halogens is 3. The van der Waals surface area contributed by atoms with Gasteiger partial charge in [-0.05, 0) is 54.8 Å². The van der Waals surface area contributed by atoms with Gasteiger partial charge in [0.2, 0.25) is 10.0 Å². The van der Waals surface area contributed by atoms with E-state index in [4.69, 9.17) is 4.74 Å². The van der Waals surface area contributed by atoms with Crippen molar-refractivity contribution in [3.05, 3.63) is 59.3 Å². The predicted molar refractivity (Wildman–Crippen MR) is 102 cm³/mol. The van der Waals surface area contributed by atoms with Gasteiger partial charge in [-0.15, -0.1) is 0 Å². The summed E-state index contributed by atoms with van der Waals surface area (Å²) in [5.41, 5.74) is 1.50. The van der Waals surface area contributed by atoms with Gasteiger partial charge in [-0.3, -0.25) is 0 Å². The van der Waals surface area contributed by atoms with E-state index < -0.39 is 22.2 Å². The molecule has 1 N–H and O–H groups in total. The molecule has 0 saturated carbocycles. The molecule has 1 atom stereocenters. The lowest BCUT2D eigenvalue weighted by atomic mass is 9.99. The number of hydrogen-bond acceptors (Lipinski definition) is 3. The first-order chi connectivity index (χ1) is 13.6. The number of ether oxygens (including phenoxy) is 1. The first-order valence-electron chi connectivity index (χ1n) is 8.96. The third-order valence-electron chi connectivity index (χ3n) is 5.20. The number of aryl methyl sites for hydroxylation is 1. The highest BCUT2D eigenvalue weighted by Crippen LogP contribution is 2.46. The number of H-pyrrole nitrogens is 1. The average molecular weight is 424 g/mol. The zero-order valence-electron chi connectivity index (χ0n) is 15.7. The summed E-state index contributed by atoms with van der Waals surface area (Å²) < 4.78 is 74.3. The summed E-state index contributed by atoms with van der Waals surface area (Å²) in [5.74, 6) is 0.526. The van der Waals surface area contributed by atoms with Crippen LogP contribution in [0.1, 0.15) is 22.9 Å². The van der Waals surface area contributed by atoms with Crippen LogP contribution >= 0.6 is 0 Å². The van der Waals surface area contributed by atoms with Crippen LogP contribution in [0.5, 0.6) is 5.75 Å². The summed E-state index contributed by atoms with van der Waals surface area (Å²) >= 11 is 0. The molecule has 0 fully saturated rings. The zero-order valence-corrected chi connectivity index (χ0v) is 16.6. The van der Waals surface area contributed by atoms with Gasteiger partial charge in [0.15, 0.2) is 6.04 Å². The highest BCUT2D eigenvalue weighted by Gasteiger charge is 2.52. The Morgan fingerprint density at radius 3 is 2.59 bits per heavy atom. The molecule has 154 valence electrons. The van der Waals surface area contributed by atoms with Crippen molar-refractivity contribution in [2.45, 2.75) is 30.5 Å². The number of aromatic amines is 1. The van der Waals surface area contributed by atoms with Gasteiger partial charge >= 0.3 is 6.18 Å². The molecule has 3 aromatic rings. The molecule has 2 aromatic carbocycles. The standard InChI is InChI=1S/C20H19F3N2O3S/c1-12-4-3-5-14(10-12)29(26,27)25-9-8-15-16-11-13(28-2)6-7-17(16)24-18(15)19(25)20(21,22)23/h3-7,10-11,19,24H,8-9H2,1-2H3. The van der Waals surface area contributed by atoms with E-state index in [1.165, 1.54) is 25.3 Å². The Kier molecular flexibility index (Phi) is 4.62. The van der Waals surface area contributed by atoms with Crippen molar-refractivity contribution in [1.29, 1.82) is 0 Å². The average Bonchev–Trinajstić information content (AvgIpc) is 3.03. The molecule has 0 saturated heterocycles. The molecule has 0 spiro atoms. The van der Waals surface area contributed by atoms with E-state index in [1.807, 2.05) is 0 Å². The van der Waals surface area contributed by atoms with Crippen LogP contribution < -0.4 is 4.74 Å². The molecule has 0 radical (unpaired) electrons. The maximum atomic E-state index is 14.1. The van der Waals surface area contributed by atoms with E-state index in [1.54, 1.807) is 31.2 Å². The van der Waals surface area contributed by atoms with E-state index in [9.17, 15) is 21.6 Å². The predicted octanol–water partition coefficient (Wildman–Crippen LogP) is 4.34. The monoisotopic (exact) mass is 424 g/mol. The molecule has 1 aromatic heterocycles. The number of benzene rings is 2. The van der Waals surface area contributed by atoms with Gasteiger partial charge in [0.25, 0.3) is 0 Å². The molecular weight excluding hydrogens is 405 g/mol. The minimum absolute atomic E-state index is 0.136. The highest BCUT2D eigenvalue weighted by atomic mass is 32.2. The zero-order chi connectivity index (χ0) is 21.0. The summed E-state index contributed by atoms with van der Waals surface area (Å²) in [4.78, 5) is 2.66. The molecule has 9 heteroatoms. The van der Waals surface area contributed by atoms with Crippen LogP contribution in [0.25, 0.3) is 10.9 Å². The van der Waals surface area contributed by atoms with Gasteiger partial charge in [0, 0.05) is 23.1 Å². The van der Waals surface area contributed by atoms with Crippen LogP contribution in [-0.2, 0) is 16.4 Å². The lowest BCUT2D eigenvalue weighted by Crippen LogP contribution is -2.46. The van der Waals surface area contributed by atoms with E-state index in [0.717, 1.165) is 0 Å². The summed E-state index contributed by atoms with van der Waals surface area (Å²) in [6, 6.07) is 8.59. The van der Waals surface area contributed by atoms with Crippen LogP contribution in [0.2, 0.25) is 0 Å². The number of nitrogens with one attached hydrogen (secondary N) is 1. The largest absolute Gasteiger partial charge is 0.497 e. The number of aromatic nitrogens is 1. The quantitative estimate of drug-likeness (QED) is 0.681. The van der Waals surface area contributed by atoms with Crippen molar-refractivity contribution in [2.24, 2.45) is 0 Å². The van der Waals surface area contributed by atoms with Gasteiger partial charge in [0.1, 0.15) is 5.75 Å². The molecule has 0 bridgehead atoms. The summed E-state index contributed by atoms with van der Waals surface area (Å²) in [6.07, 6.45) is -4.61. The SMILES string of the molecule is COc1ccc2[nH]c3c(c2c1)CCN(S(=O)(=O)c1cccc(C)c1)C3C(F)(F)F. The van der Waals surface area contributed by atoms with Crippen LogP contribution in [-0.4, -0.2) is 37.5 Å². The summed E-state index contributed by atoms with van der Waals surface area (Å²) in [6.45, 7) is 1.43. The molecule has 0 amide bonds. The highest BCUT2D eigenvalue weighted by molar-refractivity contribution is 7.89. The number of nitrogens with zero attached hydrogens (tertiary/aromatic N) is 1. The molecule has 0 aliphatic carbocycles. The Hall–Kier alpha value is -2.52. The van der Waals surface area contributed by atoms with Crippen LogP contribution in [0.3, 0.4) is 0 Å². The first-order valence-corrected chi connectivity index (χ1v) is 10.4. The van der Waals surface area contributed by atoms with Gasteiger partial charge in [-0.25, -0.2) is 8.42 Å². The number of alkyl halides is 3. The van der Waals surface area contributed by atoms with Crippen molar-refractivity contribution in [3.8, 4) is 5.75 Å². The van der Waals surface area contributed by atoms with E-state index >= 15 is 0 Å². The number of sulfonamides is 1. The van der Waals surface area contributed by atoms with E-state index in [-0.39, 0.29) is 23.6 Å². The van der Waals surface area contributed by atoms with Gasteiger partial charge in [-0.1, -0.05) is 12.1 Å². The first kappa shape index (κ1) is 19.8. The maximum absolute atomic E-state index is 14.1. The van der Waals surface area contributed by atoms with E-state index in [2.05, 4.69) is 4.98 Å². The molecular formula is C20H19F3N2O3S. The fourth-order valence-corrected chi connectivity index (χ4v) is 5.56. The van der Waals surface area contributed by atoms with Gasteiger partial charge in [0.05, 0.1) is 12.0 Å². The number of hydrogen-bond donors (Lipinski definition) is 1. The summed E-state index contributed by atoms with van der Waals surface area (Å²) in [5, 5.41) is 0.612. The molecule has 29 heavy (non-hydrogen) atoms. The minimum Gasteiger partial charge on any atom is -0.497 e. The van der Waals surface area contributed by atoms with Crippen LogP contribution in [0.4, 0.5) is 13.2 Å². The number of fused-ring (bicyclic) bond motifs is 3. The van der Waals surface area contributed by atoms with Gasteiger partial charge in [-0.2, -0.15) is 17.5 Å². The lowest BCUT2D eigenvalue weighted by molar-refractivity contribution is -0.176. The van der Waals surface area contributed by atoms with Crippen molar-refractivity contribution >= 4 is 20.9 Å². The molecule has 5 nitrogen and oxygen atoms in total. The Balaban J connectivity index is 1.89. The van der Waals surface area contributed by atoms with E-state index in [0.29, 0.717) is 32.1 Å². The second kappa shape index (κ2) is 6.77. The molecule has 1 aliphatic rings. The van der Waals surface area contributed by atoms with Gasteiger partial charge < -0.3 is 9.72 Å². The molecule has 1 aliphatic heterocycles. The molecule has 2 heterocycles. The smallest absolute Gasteiger partial charge is 0.410 e. The topological polar surface area (TPSA) is 62.4 Å². The normalized spacial score (nSPS) is 18.0. The molecule has 1 unspecified atom stereocenters. The third-order valence-corrected chi connectivity index (χ3v) is 7.06. The fraction of sp³-hybridized carbons (Fsp3) is 0.300. The Bertz CT molecular complexity index is 1190. The number of rotatable bonds is 3. The second-order valence-corrected chi connectivity index (χ2v) is 8.95. The number of methoxy groups -OCH3 is 1. The second-order valence-electron chi connectivity index (χ2n) is 7.06. The van der Waals surface area contributed by atoms with Crippen LogP contribution in [0.15, 0.2) is 47.4 Å². The minimum atomic E-state index is -4.78. The fourth-order valence-electron chi connectivity index (χ4n) is 3.87. The molecule has 4 rings (SSSR count). The summed E-state index contributed by atoms with van der Waals surface area (Å²) in [7, 11) is -2.86. The Morgan fingerprint density at radius 1 is 1.17 bits per heavy atom. The Labute approximate surface area is 166 Å². The van der Waals surface area contributed by atoms with Crippen LogP contribution in [0, 0.1) is 6.92 Å². The maximum Gasteiger partial charge on any atom is 0.410 e. The Morgan fingerprint density at radius 2 is 1.93 bits per heavy atom. The van der Waals surface area contributed by atoms with Crippen molar-refractivity contribution < 1.29 is 26.3 Å².